The lowest BCUT2D eigenvalue weighted by Gasteiger charge is -2.03. The molecule has 4 nitrogen and oxygen atoms in total. The van der Waals surface area contributed by atoms with Crippen molar-refractivity contribution in [2.75, 3.05) is 5.32 Å². The summed E-state index contributed by atoms with van der Waals surface area (Å²) < 4.78 is 2.05. The van der Waals surface area contributed by atoms with E-state index in [0.717, 1.165) is 16.5 Å². The minimum atomic E-state index is -0.137. The molecule has 0 atom stereocenters. The van der Waals surface area contributed by atoms with Gasteiger partial charge < -0.3 is 4.57 Å². The lowest BCUT2D eigenvalue weighted by molar-refractivity contribution is 0.102. The Morgan fingerprint density at radius 3 is 2.95 bits per heavy atom. The van der Waals surface area contributed by atoms with Crippen LogP contribution < -0.4 is 5.32 Å². The molecule has 3 aromatic rings. The van der Waals surface area contributed by atoms with Crippen molar-refractivity contribution in [3.8, 4) is 0 Å². The van der Waals surface area contributed by atoms with E-state index in [1.807, 2.05) is 42.8 Å². The number of carbonyl (C=O) groups excluding carboxylic acids is 1. The third kappa shape index (κ3) is 2.73. The van der Waals surface area contributed by atoms with E-state index in [1.165, 1.54) is 11.3 Å². The fraction of sp³-hybridized carbons (Fsp3) is 0.125. The maximum atomic E-state index is 12.4. The van der Waals surface area contributed by atoms with Crippen LogP contribution in [0, 0.1) is 0 Å². The van der Waals surface area contributed by atoms with Crippen LogP contribution >= 0.6 is 11.3 Å². The van der Waals surface area contributed by atoms with Gasteiger partial charge in [0.25, 0.3) is 5.91 Å². The van der Waals surface area contributed by atoms with Crippen molar-refractivity contribution >= 4 is 33.3 Å². The Morgan fingerprint density at radius 2 is 2.24 bits per heavy atom. The molecule has 0 aliphatic carbocycles. The van der Waals surface area contributed by atoms with Gasteiger partial charge in [-0.2, -0.15) is 0 Å². The van der Waals surface area contributed by atoms with Crippen molar-refractivity contribution in [1.82, 2.24) is 9.55 Å². The Hall–Kier alpha value is -2.40. The second-order valence-electron chi connectivity index (χ2n) is 4.94. The fourth-order valence-electron chi connectivity index (χ4n) is 2.30. The second-order valence-corrected chi connectivity index (χ2v) is 5.83. The quantitative estimate of drug-likeness (QED) is 0.742. The molecule has 0 bridgehead atoms. The van der Waals surface area contributed by atoms with Crippen molar-refractivity contribution in [1.29, 1.82) is 0 Å². The van der Waals surface area contributed by atoms with Gasteiger partial charge in [-0.1, -0.05) is 30.4 Å². The molecule has 21 heavy (non-hydrogen) atoms. The van der Waals surface area contributed by atoms with Gasteiger partial charge >= 0.3 is 0 Å². The molecule has 2 aromatic heterocycles. The fourth-order valence-corrected chi connectivity index (χ4v) is 2.82. The van der Waals surface area contributed by atoms with E-state index < -0.39 is 0 Å². The van der Waals surface area contributed by atoms with Crippen molar-refractivity contribution in [3.05, 3.63) is 59.8 Å². The summed E-state index contributed by atoms with van der Waals surface area (Å²) in [5, 5.41) is 6.21. The zero-order valence-corrected chi connectivity index (χ0v) is 12.5. The van der Waals surface area contributed by atoms with Crippen molar-refractivity contribution in [2.24, 2.45) is 0 Å². The minimum absolute atomic E-state index is 0.137. The molecule has 1 aromatic carbocycles. The second kappa shape index (κ2) is 5.54. The first-order valence-corrected chi connectivity index (χ1v) is 7.46. The molecular formula is C16H15N3OS. The number of thiazole rings is 1. The summed E-state index contributed by atoms with van der Waals surface area (Å²) in [7, 11) is 0. The molecule has 1 N–H and O–H groups in total. The van der Waals surface area contributed by atoms with Gasteiger partial charge in [0.2, 0.25) is 0 Å². The number of benzene rings is 1. The van der Waals surface area contributed by atoms with Gasteiger partial charge in [0, 0.05) is 35.2 Å². The van der Waals surface area contributed by atoms with Gasteiger partial charge in [0.15, 0.2) is 5.13 Å². The highest BCUT2D eigenvalue weighted by Crippen LogP contribution is 2.23. The molecule has 5 heteroatoms. The number of para-hydroxylation sites is 1. The van der Waals surface area contributed by atoms with Crippen LogP contribution in [0.3, 0.4) is 0 Å². The van der Waals surface area contributed by atoms with E-state index in [9.17, 15) is 4.79 Å². The van der Waals surface area contributed by atoms with Gasteiger partial charge in [0.05, 0.1) is 5.56 Å². The largest absolute Gasteiger partial charge is 0.343 e. The average Bonchev–Trinajstić information content (AvgIpc) is 3.07. The highest BCUT2D eigenvalue weighted by atomic mass is 32.1. The summed E-state index contributed by atoms with van der Waals surface area (Å²) in [6.07, 6.45) is 3.55. The van der Waals surface area contributed by atoms with E-state index in [0.29, 0.717) is 17.2 Å². The van der Waals surface area contributed by atoms with E-state index in [1.54, 1.807) is 6.20 Å². The Labute approximate surface area is 126 Å². The first kappa shape index (κ1) is 13.6. The number of allylic oxidation sites excluding steroid dienone is 1. The van der Waals surface area contributed by atoms with Gasteiger partial charge in [-0.05, 0) is 13.0 Å². The van der Waals surface area contributed by atoms with Crippen molar-refractivity contribution in [2.45, 2.75) is 13.5 Å². The topological polar surface area (TPSA) is 46.9 Å². The van der Waals surface area contributed by atoms with E-state index in [-0.39, 0.29) is 5.91 Å². The number of aromatic nitrogens is 2. The normalized spacial score (nSPS) is 10.7. The lowest BCUT2D eigenvalue weighted by Crippen LogP contribution is -2.11. The molecule has 3 rings (SSSR count). The summed E-state index contributed by atoms with van der Waals surface area (Å²) in [5.74, 6) is -0.137. The van der Waals surface area contributed by atoms with Crippen LogP contribution in [-0.2, 0) is 6.54 Å². The lowest BCUT2D eigenvalue weighted by atomic mass is 10.1. The molecule has 0 spiro atoms. The smallest absolute Gasteiger partial charge is 0.259 e. The Bertz CT molecular complexity index is 802. The Balaban J connectivity index is 2.01. The summed E-state index contributed by atoms with van der Waals surface area (Å²) >= 11 is 1.40. The van der Waals surface area contributed by atoms with Crippen LogP contribution in [0.5, 0.6) is 0 Å². The molecule has 1 amide bonds. The standard InChI is InChI=1S/C16H15N3OS/c1-11(2)9-19-10-13(12-5-3-4-6-14(12)19)15(20)18-16-17-7-8-21-16/h3-8,10H,1,9H2,2H3,(H,17,18,20). The summed E-state index contributed by atoms with van der Waals surface area (Å²) in [6.45, 7) is 6.62. The third-order valence-corrected chi connectivity index (χ3v) is 3.81. The molecule has 0 unspecified atom stereocenters. The van der Waals surface area contributed by atoms with Crippen LogP contribution in [0.1, 0.15) is 17.3 Å². The predicted molar refractivity (Wildman–Crippen MR) is 86.8 cm³/mol. The van der Waals surface area contributed by atoms with Crippen LogP contribution in [-0.4, -0.2) is 15.5 Å². The van der Waals surface area contributed by atoms with Gasteiger partial charge in [-0.25, -0.2) is 4.98 Å². The summed E-state index contributed by atoms with van der Waals surface area (Å²) in [4.78, 5) is 16.5. The third-order valence-electron chi connectivity index (χ3n) is 3.13. The summed E-state index contributed by atoms with van der Waals surface area (Å²) in [6, 6.07) is 7.88. The Morgan fingerprint density at radius 1 is 1.43 bits per heavy atom. The van der Waals surface area contributed by atoms with Crippen LogP contribution in [0.15, 0.2) is 54.2 Å². The number of fused-ring (bicyclic) bond motifs is 1. The number of anilines is 1. The maximum Gasteiger partial charge on any atom is 0.259 e. The molecule has 2 heterocycles. The number of carbonyl (C=O) groups is 1. The van der Waals surface area contributed by atoms with E-state index in [4.69, 9.17) is 0 Å². The summed E-state index contributed by atoms with van der Waals surface area (Å²) in [5.41, 5.74) is 2.73. The number of rotatable bonds is 4. The SMILES string of the molecule is C=C(C)Cn1cc(C(=O)Nc2nccs2)c2ccccc21. The zero-order valence-electron chi connectivity index (χ0n) is 11.7. The number of nitrogens with zero attached hydrogens (tertiary/aromatic N) is 2. The molecule has 0 fully saturated rings. The number of hydrogen-bond donors (Lipinski definition) is 1. The van der Waals surface area contributed by atoms with Gasteiger partial charge in [0.1, 0.15) is 0 Å². The molecule has 0 aliphatic rings. The van der Waals surface area contributed by atoms with Gasteiger partial charge in [-0.15, -0.1) is 11.3 Å². The van der Waals surface area contributed by atoms with Crippen LogP contribution in [0.4, 0.5) is 5.13 Å². The first-order chi connectivity index (χ1) is 10.1. The average molecular weight is 297 g/mol. The number of amides is 1. The van der Waals surface area contributed by atoms with Crippen molar-refractivity contribution in [3.63, 3.8) is 0 Å². The van der Waals surface area contributed by atoms with E-state index in [2.05, 4.69) is 21.4 Å². The molecule has 0 saturated heterocycles. The Kier molecular flexibility index (Phi) is 3.58. The highest BCUT2D eigenvalue weighted by Gasteiger charge is 2.15. The van der Waals surface area contributed by atoms with Crippen LogP contribution in [0.25, 0.3) is 10.9 Å². The maximum absolute atomic E-state index is 12.4. The molecule has 0 radical (unpaired) electrons. The monoisotopic (exact) mass is 297 g/mol. The number of nitrogens with one attached hydrogen (secondary N) is 1. The number of hydrogen-bond acceptors (Lipinski definition) is 3. The minimum Gasteiger partial charge on any atom is -0.343 e. The first-order valence-electron chi connectivity index (χ1n) is 6.58. The molecular weight excluding hydrogens is 282 g/mol. The molecule has 106 valence electrons. The predicted octanol–water partition coefficient (Wildman–Crippen LogP) is 3.93. The van der Waals surface area contributed by atoms with Crippen LogP contribution in [0.2, 0.25) is 0 Å². The van der Waals surface area contributed by atoms with Gasteiger partial charge in [-0.3, -0.25) is 10.1 Å². The highest BCUT2D eigenvalue weighted by molar-refractivity contribution is 7.13. The molecule has 0 saturated carbocycles. The van der Waals surface area contributed by atoms with E-state index >= 15 is 0 Å². The van der Waals surface area contributed by atoms with Crippen molar-refractivity contribution < 1.29 is 4.79 Å². The molecule has 0 aliphatic heterocycles. The zero-order chi connectivity index (χ0) is 14.8.